The molecule has 0 fully saturated rings. The molecule has 0 aliphatic carbocycles. The number of carbonyl (C=O) groups excluding carboxylic acids is 1. The highest BCUT2D eigenvalue weighted by Gasteiger charge is 2.19. The maximum atomic E-state index is 13.1. The molecule has 6 nitrogen and oxygen atoms in total. The molecule has 0 saturated carbocycles. The molecule has 0 aliphatic heterocycles. The number of fused-ring (bicyclic) bond motifs is 1. The number of anilines is 1. The average Bonchev–Trinajstić information content (AvgIpc) is 3.16. The van der Waals surface area contributed by atoms with Gasteiger partial charge >= 0.3 is 0 Å². The highest BCUT2D eigenvalue weighted by Crippen LogP contribution is 2.31. The lowest BCUT2D eigenvalue weighted by Gasteiger charge is -2.10. The number of rotatable bonds is 5. The number of hydrogen-bond donors (Lipinski definition) is 2. The predicted molar refractivity (Wildman–Crippen MR) is 130 cm³/mol. The molecule has 0 spiro atoms. The highest BCUT2D eigenvalue weighted by atomic mass is 35.5. The first kappa shape index (κ1) is 22.0. The fourth-order valence-electron chi connectivity index (χ4n) is 2.92. The van der Waals surface area contributed by atoms with E-state index in [0.717, 1.165) is 15.2 Å². The average molecular weight is 483 g/mol. The normalized spacial score (nSPS) is 12.2. The van der Waals surface area contributed by atoms with E-state index >= 15 is 0 Å². The zero-order valence-electron chi connectivity index (χ0n) is 16.7. The topological polar surface area (TPSA) is 86.9 Å². The molecule has 160 valence electrons. The van der Waals surface area contributed by atoms with E-state index in [1.165, 1.54) is 11.3 Å². The summed E-state index contributed by atoms with van der Waals surface area (Å²) < 4.78 is 0.948. The quantitative estimate of drug-likeness (QED) is 0.174. The summed E-state index contributed by atoms with van der Waals surface area (Å²) in [6, 6.07) is 18.8. The molecule has 1 amide bonds. The number of aromatic nitrogens is 1. The number of halogens is 2. The summed E-state index contributed by atoms with van der Waals surface area (Å²) >= 11 is 13.9. The SMILES string of the molecule is Cc1nc2ccc(N=NC(C(=O)Nc3c(Cl)cccc3Cl)=C(O)c3ccccc3)cc2s1. The van der Waals surface area contributed by atoms with Crippen molar-refractivity contribution in [1.82, 2.24) is 4.98 Å². The van der Waals surface area contributed by atoms with Crippen LogP contribution in [0.1, 0.15) is 10.6 Å². The summed E-state index contributed by atoms with van der Waals surface area (Å²) in [5, 5.41) is 23.1. The molecule has 3 aromatic carbocycles. The van der Waals surface area contributed by atoms with Gasteiger partial charge in [0.05, 0.1) is 36.6 Å². The van der Waals surface area contributed by atoms with E-state index in [1.54, 1.807) is 54.6 Å². The van der Waals surface area contributed by atoms with Crippen LogP contribution in [0.3, 0.4) is 0 Å². The van der Waals surface area contributed by atoms with Crippen molar-refractivity contribution >= 4 is 67.8 Å². The van der Waals surface area contributed by atoms with Crippen molar-refractivity contribution in [2.75, 3.05) is 5.32 Å². The number of para-hydroxylation sites is 1. The van der Waals surface area contributed by atoms with Crippen molar-refractivity contribution in [3.63, 3.8) is 0 Å². The third kappa shape index (κ3) is 4.80. The van der Waals surface area contributed by atoms with Gasteiger partial charge in [0.2, 0.25) is 0 Å². The number of aliphatic hydroxyl groups is 1. The number of hydrogen-bond acceptors (Lipinski definition) is 6. The molecule has 0 radical (unpaired) electrons. The van der Waals surface area contributed by atoms with E-state index in [2.05, 4.69) is 20.5 Å². The van der Waals surface area contributed by atoms with Crippen molar-refractivity contribution < 1.29 is 9.90 Å². The Hall–Kier alpha value is -3.26. The van der Waals surface area contributed by atoms with Crippen LogP contribution in [0.15, 0.2) is 82.7 Å². The fraction of sp³-hybridized carbons (Fsp3) is 0.0435. The minimum Gasteiger partial charge on any atom is -0.505 e. The lowest BCUT2D eigenvalue weighted by atomic mass is 10.1. The van der Waals surface area contributed by atoms with E-state index in [1.807, 2.05) is 19.1 Å². The third-order valence-electron chi connectivity index (χ3n) is 4.43. The van der Waals surface area contributed by atoms with E-state index < -0.39 is 5.91 Å². The third-order valence-corrected chi connectivity index (χ3v) is 6.00. The number of benzene rings is 3. The van der Waals surface area contributed by atoms with Crippen LogP contribution in [0.4, 0.5) is 11.4 Å². The minimum atomic E-state index is -0.709. The minimum absolute atomic E-state index is 0.218. The summed E-state index contributed by atoms with van der Waals surface area (Å²) in [5.41, 5.74) is 1.72. The largest absolute Gasteiger partial charge is 0.505 e. The van der Waals surface area contributed by atoms with Gasteiger partial charge in [0, 0.05) is 5.56 Å². The molecule has 0 saturated heterocycles. The zero-order chi connectivity index (χ0) is 22.7. The second-order valence-electron chi connectivity index (χ2n) is 6.70. The van der Waals surface area contributed by atoms with Crippen LogP contribution in [0.25, 0.3) is 16.0 Å². The smallest absolute Gasteiger partial charge is 0.280 e. The molecule has 0 unspecified atom stereocenters. The Morgan fingerprint density at radius 1 is 1.03 bits per heavy atom. The van der Waals surface area contributed by atoms with Crippen molar-refractivity contribution in [3.8, 4) is 0 Å². The van der Waals surface area contributed by atoms with Crippen molar-refractivity contribution in [2.24, 2.45) is 10.2 Å². The summed E-state index contributed by atoms with van der Waals surface area (Å²) in [7, 11) is 0. The Balaban J connectivity index is 1.73. The van der Waals surface area contributed by atoms with Crippen molar-refractivity contribution in [1.29, 1.82) is 0 Å². The van der Waals surface area contributed by atoms with Gasteiger partial charge in [-0.3, -0.25) is 4.79 Å². The number of carbonyl (C=O) groups is 1. The molecule has 4 aromatic rings. The van der Waals surface area contributed by atoms with Crippen LogP contribution in [0, 0.1) is 6.92 Å². The molecular formula is C23H16Cl2N4O2S. The molecular weight excluding hydrogens is 467 g/mol. The number of azo groups is 1. The van der Waals surface area contributed by atoms with Gasteiger partial charge in [0.15, 0.2) is 11.5 Å². The number of aryl methyl sites for hydroxylation is 1. The van der Waals surface area contributed by atoms with Gasteiger partial charge in [-0.1, -0.05) is 59.6 Å². The van der Waals surface area contributed by atoms with E-state index in [0.29, 0.717) is 11.3 Å². The Labute approximate surface area is 197 Å². The summed E-state index contributed by atoms with van der Waals surface area (Å²) in [5.74, 6) is -1.04. The van der Waals surface area contributed by atoms with Gasteiger partial charge in [0.1, 0.15) is 0 Å². The van der Waals surface area contributed by atoms with Crippen LogP contribution in [0.2, 0.25) is 10.0 Å². The van der Waals surface area contributed by atoms with Gasteiger partial charge < -0.3 is 10.4 Å². The Morgan fingerprint density at radius 2 is 1.75 bits per heavy atom. The number of amides is 1. The molecule has 1 heterocycles. The maximum absolute atomic E-state index is 13.1. The van der Waals surface area contributed by atoms with E-state index in [9.17, 15) is 9.90 Å². The number of nitrogens with one attached hydrogen (secondary N) is 1. The van der Waals surface area contributed by atoms with Gasteiger partial charge in [-0.2, -0.15) is 5.11 Å². The zero-order valence-corrected chi connectivity index (χ0v) is 19.0. The van der Waals surface area contributed by atoms with Crippen LogP contribution >= 0.6 is 34.5 Å². The second-order valence-corrected chi connectivity index (χ2v) is 8.75. The molecule has 0 bridgehead atoms. The number of nitrogens with zero attached hydrogens (tertiary/aromatic N) is 3. The first-order chi connectivity index (χ1) is 15.4. The van der Waals surface area contributed by atoms with Crippen LogP contribution < -0.4 is 5.32 Å². The number of aliphatic hydroxyl groups excluding tert-OH is 1. The Morgan fingerprint density at radius 3 is 2.47 bits per heavy atom. The van der Waals surface area contributed by atoms with Crippen molar-refractivity contribution in [2.45, 2.75) is 6.92 Å². The van der Waals surface area contributed by atoms with E-state index in [-0.39, 0.29) is 27.2 Å². The Bertz CT molecular complexity index is 1350. The molecule has 32 heavy (non-hydrogen) atoms. The molecule has 9 heteroatoms. The summed E-state index contributed by atoms with van der Waals surface area (Å²) in [4.78, 5) is 17.5. The second kappa shape index (κ2) is 9.48. The van der Waals surface area contributed by atoms with Crippen molar-refractivity contribution in [3.05, 3.63) is 93.0 Å². The Kier molecular flexibility index (Phi) is 6.50. The summed E-state index contributed by atoms with van der Waals surface area (Å²) in [6.45, 7) is 1.93. The highest BCUT2D eigenvalue weighted by molar-refractivity contribution is 7.18. The van der Waals surface area contributed by atoms with Gasteiger partial charge in [-0.15, -0.1) is 16.5 Å². The fourth-order valence-corrected chi connectivity index (χ4v) is 4.27. The molecule has 1 aromatic heterocycles. The van der Waals surface area contributed by atoms with E-state index in [4.69, 9.17) is 23.2 Å². The van der Waals surface area contributed by atoms with Gasteiger partial charge in [-0.25, -0.2) is 4.98 Å². The monoisotopic (exact) mass is 482 g/mol. The number of thiazole rings is 1. The maximum Gasteiger partial charge on any atom is 0.280 e. The predicted octanol–water partition coefficient (Wildman–Crippen LogP) is 7.56. The van der Waals surface area contributed by atoms with Gasteiger partial charge in [-0.05, 0) is 37.3 Å². The van der Waals surface area contributed by atoms with Crippen LogP contribution in [0.5, 0.6) is 0 Å². The van der Waals surface area contributed by atoms with Crippen LogP contribution in [-0.4, -0.2) is 16.0 Å². The van der Waals surface area contributed by atoms with Crippen LogP contribution in [-0.2, 0) is 4.79 Å². The molecule has 0 aliphatic rings. The van der Waals surface area contributed by atoms with Gasteiger partial charge in [0.25, 0.3) is 5.91 Å². The lowest BCUT2D eigenvalue weighted by molar-refractivity contribution is -0.112. The first-order valence-corrected chi connectivity index (χ1v) is 11.0. The molecule has 4 rings (SSSR count). The first-order valence-electron chi connectivity index (χ1n) is 9.45. The standard InChI is InChI=1S/C23H16Cl2N4O2S/c1-13-26-18-11-10-15(12-19(18)32-13)28-29-21(22(30)14-6-3-2-4-7-14)23(31)27-20-16(24)8-5-9-17(20)25/h2-12,30H,1H3,(H,27,31). The molecule has 0 atom stereocenters. The lowest BCUT2D eigenvalue weighted by Crippen LogP contribution is -2.15. The molecule has 2 N–H and O–H groups in total. The summed E-state index contributed by atoms with van der Waals surface area (Å²) in [6.07, 6.45) is 0.